The Kier molecular flexibility index (Phi) is 4.14. The lowest BCUT2D eigenvalue weighted by molar-refractivity contribution is 0.0268. The van der Waals surface area contributed by atoms with Gasteiger partial charge in [0.2, 0.25) is 0 Å². The molecule has 0 saturated carbocycles. The van der Waals surface area contributed by atoms with Crippen molar-refractivity contribution in [2.45, 2.75) is 26.3 Å². The van der Waals surface area contributed by atoms with E-state index in [1.54, 1.807) is 0 Å². The highest BCUT2D eigenvalue weighted by atomic mass is 16.5. The summed E-state index contributed by atoms with van der Waals surface area (Å²) in [7, 11) is 0. The van der Waals surface area contributed by atoms with Crippen LogP contribution in [0.4, 0.5) is 4.79 Å². The average Bonchev–Trinajstić information content (AvgIpc) is 2.91. The van der Waals surface area contributed by atoms with Gasteiger partial charge in [0.1, 0.15) is 5.82 Å². The minimum Gasteiger partial charge on any atom is -0.378 e. The van der Waals surface area contributed by atoms with Gasteiger partial charge in [0, 0.05) is 57.0 Å². The third-order valence-corrected chi connectivity index (χ3v) is 4.23. The van der Waals surface area contributed by atoms with E-state index in [9.17, 15) is 4.79 Å². The van der Waals surface area contributed by atoms with Crippen LogP contribution in [0.25, 0.3) is 0 Å². The maximum Gasteiger partial charge on any atom is 0.320 e. The minimum atomic E-state index is 0.171. The fourth-order valence-electron chi connectivity index (χ4n) is 3.05. The predicted molar refractivity (Wildman–Crippen MR) is 79.2 cm³/mol. The van der Waals surface area contributed by atoms with Crippen LogP contribution < -0.4 is 0 Å². The van der Waals surface area contributed by atoms with Gasteiger partial charge >= 0.3 is 6.03 Å². The van der Waals surface area contributed by atoms with Crippen LogP contribution in [0.2, 0.25) is 0 Å². The lowest BCUT2D eigenvalue weighted by Gasteiger charge is -2.43. The number of imidazole rings is 1. The summed E-state index contributed by atoms with van der Waals surface area (Å²) < 4.78 is 7.51. The van der Waals surface area contributed by atoms with Crippen LogP contribution in [0.3, 0.4) is 0 Å². The molecule has 0 bridgehead atoms. The number of urea groups is 1. The molecule has 3 rings (SSSR count). The second-order valence-corrected chi connectivity index (χ2v) is 6.25. The monoisotopic (exact) mass is 292 g/mol. The molecule has 3 heterocycles. The summed E-state index contributed by atoms with van der Waals surface area (Å²) >= 11 is 0. The Morgan fingerprint density at radius 1 is 1.33 bits per heavy atom. The highest BCUT2D eigenvalue weighted by molar-refractivity contribution is 5.75. The molecule has 0 spiro atoms. The van der Waals surface area contributed by atoms with E-state index < -0.39 is 0 Å². The molecule has 6 heteroatoms. The molecule has 0 aromatic carbocycles. The number of amides is 2. The van der Waals surface area contributed by atoms with Crippen molar-refractivity contribution in [2.75, 3.05) is 39.4 Å². The predicted octanol–water partition coefficient (Wildman–Crippen LogP) is 1.39. The number of hydrogen-bond donors (Lipinski definition) is 0. The average molecular weight is 292 g/mol. The number of likely N-dealkylation sites (tertiary alicyclic amines) is 1. The quantitative estimate of drug-likeness (QED) is 0.846. The number of carbonyl (C=O) groups is 1. The van der Waals surface area contributed by atoms with Gasteiger partial charge < -0.3 is 19.1 Å². The summed E-state index contributed by atoms with van der Waals surface area (Å²) in [5.74, 6) is 2.11. The number of carbonyl (C=O) groups excluding carboxylic acids is 1. The maximum absolute atomic E-state index is 12.3. The summed E-state index contributed by atoms with van der Waals surface area (Å²) in [4.78, 5) is 20.5. The third-order valence-electron chi connectivity index (χ3n) is 4.23. The number of aromatic nitrogens is 2. The Morgan fingerprint density at radius 2 is 2.05 bits per heavy atom. The number of morpholine rings is 1. The fourth-order valence-corrected chi connectivity index (χ4v) is 3.05. The molecular weight excluding hydrogens is 268 g/mol. The van der Waals surface area contributed by atoms with Crippen molar-refractivity contribution in [2.24, 2.45) is 5.92 Å². The van der Waals surface area contributed by atoms with Crippen molar-refractivity contribution >= 4 is 6.03 Å². The van der Waals surface area contributed by atoms with Crippen molar-refractivity contribution in [3.05, 3.63) is 18.2 Å². The van der Waals surface area contributed by atoms with Gasteiger partial charge in [0.15, 0.2) is 0 Å². The van der Waals surface area contributed by atoms with Gasteiger partial charge in [0.05, 0.1) is 13.2 Å². The highest BCUT2D eigenvalue weighted by Crippen LogP contribution is 2.22. The van der Waals surface area contributed by atoms with Crippen LogP contribution in [-0.4, -0.2) is 64.8 Å². The van der Waals surface area contributed by atoms with Gasteiger partial charge in [-0.25, -0.2) is 9.78 Å². The first-order valence-electron chi connectivity index (χ1n) is 7.77. The van der Waals surface area contributed by atoms with Gasteiger partial charge in [-0.05, 0) is 0 Å². The molecule has 0 aliphatic carbocycles. The van der Waals surface area contributed by atoms with Crippen molar-refractivity contribution < 1.29 is 9.53 Å². The maximum atomic E-state index is 12.3. The lowest BCUT2D eigenvalue weighted by Crippen LogP contribution is -2.57. The summed E-state index contributed by atoms with van der Waals surface area (Å²) in [6, 6.07) is 0.171. The van der Waals surface area contributed by atoms with Crippen LogP contribution in [0.1, 0.15) is 25.6 Å². The minimum absolute atomic E-state index is 0.171. The second kappa shape index (κ2) is 6.05. The smallest absolute Gasteiger partial charge is 0.320 e. The van der Waals surface area contributed by atoms with E-state index in [-0.39, 0.29) is 6.03 Å². The summed E-state index contributed by atoms with van der Waals surface area (Å²) in [5.41, 5.74) is 0. The number of hydrogen-bond acceptors (Lipinski definition) is 3. The van der Waals surface area contributed by atoms with Crippen molar-refractivity contribution in [1.82, 2.24) is 19.4 Å². The molecule has 2 fully saturated rings. The van der Waals surface area contributed by atoms with Gasteiger partial charge in [-0.1, -0.05) is 13.8 Å². The molecule has 2 amide bonds. The largest absolute Gasteiger partial charge is 0.378 e. The molecule has 21 heavy (non-hydrogen) atoms. The molecule has 0 unspecified atom stereocenters. The Hall–Kier alpha value is -1.56. The normalized spacial score (nSPS) is 20.0. The Labute approximate surface area is 125 Å². The fraction of sp³-hybridized carbons (Fsp3) is 0.733. The van der Waals surface area contributed by atoms with Gasteiger partial charge in [0.25, 0.3) is 0 Å². The molecule has 2 saturated heterocycles. The first-order chi connectivity index (χ1) is 10.1. The van der Waals surface area contributed by atoms with Crippen LogP contribution in [-0.2, 0) is 11.3 Å². The molecule has 116 valence electrons. The Bertz CT molecular complexity index is 488. The summed E-state index contributed by atoms with van der Waals surface area (Å²) in [6.45, 7) is 9.75. The van der Waals surface area contributed by atoms with Gasteiger partial charge in [-0.3, -0.25) is 0 Å². The van der Waals surface area contributed by atoms with Crippen LogP contribution in [0, 0.1) is 5.92 Å². The SMILES string of the molecule is CC(C)c1nccn1CC1CN(C(=O)N2CCOCC2)C1. The van der Waals surface area contributed by atoms with E-state index in [0.717, 1.165) is 38.5 Å². The van der Waals surface area contributed by atoms with Crippen molar-refractivity contribution in [3.63, 3.8) is 0 Å². The molecule has 1 aromatic rings. The molecule has 1 aromatic heterocycles. The van der Waals surface area contributed by atoms with Crippen LogP contribution in [0.5, 0.6) is 0 Å². The number of ether oxygens (including phenoxy) is 1. The molecule has 2 aliphatic rings. The number of rotatable bonds is 3. The van der Waals surface area contributed by atoms with Gasteiger partial charge in [-0.2, -0.15) is 0 Å². The molecule has 6 nitrogen and oxygen atoms in total. The second-order valence-electron chi connectivity index (χ2n) is 6.25. The standard InChI is InChI=1S/C15H24N4O2/c1-12(2)14-16-3-4-18(14)9-13-10-19(11-13)15(20)17-5-7-21-8-6-17/h3-4,12-13H,5-11H2,1-2H3. The van der Waals surface area contributed by atoms with E-state index >= 15 is 0 Å². The van der Waals surface area contributed by atoms with Crippen molar-refractivity contribution in [1.29, 1.82) is 0 Å². The molecule has 0 N–H and O–H groups in total. The molecule has 0 atom stereocenters. The number of nitrogens with zero attached hydrogens (tertiary/aromatic N) is 4. The molecule has 0 radical (unpaired) electrons. The third kappa shape index (κ3) is 3.05. The summed E-state index contributed by atoms with van der Waals surface area (Å²) in [5, 5.41) is 0. The zero-order valence-electron chi connectivity index (χ0n) is 12.9. The zero-order valence-corrected chi connectivity index (χ0v) is 12.9. The van der Waals surface area contributed by atoms with E-state index in [0.29, 0.717) is 25.0 Å². The zero-order chi connectivity index (χ0) is 14.8. The lowest BCUT2D eigenvalue weighted by atomic mass is 10.0. The highest BCUT2D eigenvalue weighted by Gasteiger charge is 2.34. The Balaban J connectivity index is 1.49. The van der Waals surface area contributed by atoms with E-state index in [1.165, 1.54) is 0 Å². The van der Waals surface area contributed by atoms with Crippen LogP contribution >= 0.6 is 0 Å². The van der Waals surface area contributed by atoms with E-state index in [2.05, 4.69) is 23.4 Å². The summed E-state index contributed by atoms with van der Waals surface area (Å²) in [6.07, 6.45) is 3.91. The van der Waals surface area contributed by atoms with Crippen molar-refractivity contribution in [3.8, 4) is 0 Å². The molecule has 2 aliphatic heterocycles. The first-order valence-corrected chi connectivity index (χ1v) is 7.77. The van der Waals surface area contributed by atoms with Gasteiger partial charge in [-0.15, -0.1) is 0 Å². The molecular formula is C15H24N4O2. The van der Waals surface area contributed by atoms with Crippen LogP contribution in [0.15, 0.2) is 12.4 Å². The van der Waals surface area contributed by atoms with E-state index in [4.69, 9.17) is 4.74 Å². The Morgan fingerprint density at radius 3 is 2.71 bits per heavy atom. The van der Waals surface area contributed by atoms with E-state index in [1.807, 2.05) is 22.2 Å². The first kappa shape index (κ1) is 14.4. The topological polar surface area (TPSA) is 50.6 Å².